The number of aliphatic hydroxyl groups is 2. The Morgan fingerprint density at radius 2 is 2.25 bits per heavy atom. The molecule has 4 heteroatoms. The van der Waals surface area contributed by atoms with Crippen LogP contribution in [0.4, 0.5) is 0 Å². The Kier molecular flexibility index (Phi) is 3.47. The SMILES string of the molecule is OCC[C@@H](O)c1ccc(Cl)nc1. The summed E-state index contributed by atoms with van der Waals surface area (Å²) in [4.78, 5) is 3.81. The van der Waals surface area contributed by atoms with Gasteiger partial charge >= 0.3 is 0 Å². The van der Waals surface area contributed by atoms with Crippen LogP contribution in [0.3, 0.4) is 0 Å². The molecule has 0 aromatic carbocycles. The van der Waals surface area contributed by atoms with Gasteiger partial charge in [0, 0.05) is 19.2 Å². The van der Waals surface area contributed by atoms with Gasteiger partial charge in [0.1, 0.15) is 5.15 Å². The summed E-state index contributed by atoms with van der Waals surface area (Å²) < 4.78 is 0. The average molecular weight is 188 g/mol. The molecule has 0 unspecified atom stereocenters. The largest absolute Gasteiger partial charge is 0.396 e. The van der Waals surface area contributed by atoms with E-state index in [1.807, 2.05) is 0 Å². The summed E-state index contributed by atoms with van der Waals surface area (Å²) in [5, 5.41) is 18.3. The van der Waals surface area contributed by atoms with Crippen LogP contribution in [0.1, 0.15) is 18.1 Å². The number of nitrogens with zero attached hydrogens (tertiary/aromatic N) is 1. The van der Waals surface area contributed by atoms with Crippen LogP contribution in [0.25, 0.3) is 0 Å². The van der Waals surface area contributed by atoms with Crippen molar-refractivity contribution in [3.63, 3.8) is 0 Å². The number of halogens is 1. The van der Waals surface area contributed by atoms with Crippen LogP contribution < -0.4 is 0 Å². The van der Waals surface area contributed by atoms with E-state index in [1.54, 1.807) is 12.1 Å². The lowest BCUT2D eigenvalue weighted by Crippen LogP contribution is -2.00. The fraction of sp³-hybridized carbons (Fsp3) is 0.375. The van der Waals surface area contributed by atoms with E-state index in [9.17, 15) is 5.11 Å². The minimum absolute atomic E-state index is 0.0379. The lowest BCUT2D eigenvalue weighted by Gasteiger charge is -2.07. The summed E-state index contributed by atoms with van der Waals surface area (Å²) in [5.74, 6) is 0. The van der Waals surface area contributed by atoms with Crippen LogP contribution in [0.5, 0.6) is 0 Å². The van der Waals surface area contributed by atoms with E-state index in [2.05, 4.69) is 4.98 Å². The lowest BCUT2D eigenvalue weighted by molar-refractivity contribution is 0.134. The third-order valence-corrected chi connectivity index (χ3v) is 1.76. The van der Waals surface area contributed by atoms with Crippen molar-refractivity contribution < 1.29 is 10.2 Å². The predicted octanol–water partition coefficient (Wildman–Crippen LogP) is 1.15. The van der Waals surface area contributed by atoms with Crippen LogP contribution in [0.15, 0.2) is 18.3 Å². The van der Waals surface area contributed by atoms with Crippen molar-refractivity contribution in [3.05, 3.63) is 29.0 Å². The monoisotopic (exact) mass is 187 g/mol. The van der Waals surface area contributed by atoms with Gasteiger partial charge in [0.15, 0.2) is 0 Å². The van der Waals surface area contributed by atoms with E-state index in [0.717, 1.165) is 0 Å². The van der Waals surface area contributed by atoms with Crippen LogP contribution in [0.2, 0.25) is 5.15 Å². The van der Waals surface area contributed by atoms with Gasteiger partial charge in [0.25, 0.3) is 0 Å². The summed E-state index contributed by atoms with van der Waals surface area (Å²) in [6.45, 7) is -0.0379. The van der Waals surface area contributed by atoms with Gasteiger partial charge in [-0.25, -0.2) is 4.98 Å². The van der Waals surface area contributed by atoms with Crippen molar-refractivity contribution in [3.8, 4) is 0 Å². The maximum atomic E-state index is 9.37. The Balaban J connectivity index is 2.68. The molecule has 0 aliphatic carbocycles. The van der Waals surface area contributed by atoms with Gasteiger partial charge in [-0.05, 0) is 11.6 Å². The van der Waals surface area contributed by atoms with Gasteiger partial charge in [-0.3, -0.25) is 0 Å². The molecule has 0 bridgehead atoms. The highest BCUT2D eigenvalue weighted by Gasteiger charge is 2.05. The second-order valence-electron chi connectivity index (χ2n) is 2.44. The second-order valence-corrected chi connectivity index (χ2v) is 2.83. The van der Waals surface area contributed by atoms with E-state index >= 15 is 0 Å². The molecule has 0 radical (unpaired) electrons. The molecule has 1 atom stereocenters. The highest BCUT2D eigenvalue weighted by Crippen LogP contribution is 2.16. The van der Waals surface area contributed by atoms with Crippen molar-refractivity contribution in [2.45, 2.75) is 12.5 Å². The molecule has 2 N–H and O–H groups in total. The van der Waals surface area contributed by atoms with Crippen LogP contribution in [0, 0.1) is 0 Å². The first-order valence-electron chi connectivity index (χ1n) is 3.64. The first-order chi connectivity index (χ1) is 5.74. The smallest absolute Gasteiger partial charge is 0.129 e. The Morgan fingerprint density at radius 3 is 2.75 bits per heavy atom. The highest BCUT2D eigenvalue weighted by atomic mass is 35.5. The van der Waals surface area contributed by atoms with Gasteiger partial charge in [0.2, 0.25) is 0 Å². The molecule has 0 aliphatic heterocycles. The molecule has 0 saturated carbocycles. The summed E-state index contributed by atoms with van der Waals surface area (Å²) >= 11 is 5.55. The van der Waals surface area contributed by atoms with E-state index in [1.165, 1.54) is 6.20 Å². The molecule has 0 saturated heterocycles. The number of hydrogen-bond donors (Lipinski definition) is 2. The quantitative estimate of drug-likeness (QED) is 0.698. The van der Waals surface area contributed by atoms with Crippen molar-refractivity contribution in [1.29, 1.82) is 0 Å². The van der Waals surface area contributed by atoms with E-state index in [4.69, 9.17) is 16.7 Å². The van der Waals surface area contributed by atoms with Crippen molar-refractivity contribution in [1.82, 2.24) is 4.98 Å². The van der Waals surface area contributed by atoms with Crippen LogP contribution in [-0.4, -0.2) is 21.8 Å². The maximum absolute atomic E-state index is 9.37. The number of aromatic nitrogens is 1. The fourth-order valence-corrected chi connectivity index (χ4v) is 0.985. The van der Waals surface area contributed by atoms with E-state index < -0.39 is 6.10 Å². The zero-order chi connectivity index (χ0) is 8.97. The predicted molar refractivity (Wildman–Crippen MR) is 45.9 cm³/mol. The number of aliphatic hydroxyl groups excluding tert-OH is 2. The fourth-order valence-electron chi connectivity index (χ4n) is 0.873. The van der Waals surface area contributed by atoms with Gasteiger partial charge in [-0.15, -0.1) is 0 Å². The molecule has 66 valence electrons. The highest BCUT2D eigenvalue weighted by molar-refractivity contribution is 6.29. The van der Waals surface area contributed by atoms with Gasteiger partial charge in [-0.2, -0.15) is 0 Å². The van der Waals surface area contributed by atoms with Gasteiger partial charge in [-0.1, -0.05) is 17.7 Å². The second kappa shape index (κ2) is 4.40. The lowest BCUT2D eigenvalue weighted by atomic mass is 10.1. The van der Waals surface area contributed by atoms with Gasteiger partial charge < -0.3 is 10.2 Å². The van der Waals surface area contributed by atoms with Crippen molar-refractivity contribution in [2.75, 3.05) is 6.61 Å². The zero-order valence-corrected chi connectivity index (χ0v) is 7.20. The Hall–Kier alpha value is -0.640. The summed E-state index contributed by atoms with van der Waals surface area (Å²) in [6.07, 6.45) is 1.17. The molecule has 1 rings (SSSR count). The molecule has 0 spiro atoms. The number of pyridine rings is 1. The minimum Gasteiger partial charge on any atom is -0.396 e. The average Bonchev–Trinajstić information content (AvgIpc) is 2.06. The number of hydrogen-bond acceptors (Lipinski definition) is 3. The molecule has 1 aromatic heterocycles. The first kappa shape index (κ1) is 9.45. The first-order valence-corrected chi connectivity index (χ1v) is 4.02. The Morgan fingerprint density at radius 1 is 1.50 bits per heavy atom. The topological polar surface area (TPSA) is 53.4 Å². The normalized spacial score (nSPS) is 12.9. The molecule has 0 amide bonds. The molecule has 0 fully saturated rings. The Bertz CT molecular complexity index is 237. The molecule has 3 nitrogen and oxygen atoms in total. The molecular weight excluding hydrogens is 178 g/mol. The molecular formula is C8H10ClNO2. The van der Waals surface area contributed by atoms with Crippen LogP contribution in [-0.2, 0) is 0 Å². The molecule has 1 heterocycles. The number of rotatable bonds is 3. The summed E-state index contributed by atoms with van der Waals surface area (Å²) in [6, 6.07) is 3.30. The standard InChI is InChI=1S/C8H10ClNO2/c9-8-2-1-6(5-10-8)7(12)3-4-11/h1-2,5,7,11-12H,3-4H2/t7-/m1/s1. The van der Waals surface area contributed by atoms with Crippen molar-refractivity contribution >= 4 is 11.6 Å². The van der Waals surface area contributed by atoms with E-state index in [-0.39, 0.29) is 6.61 Å². The van der Waals surface area contributed by atoms with Crippen molar-refractivity contribution in [2.24, 2.45) is 0 Å². The third kappa shape index (κ3) is 2.44. The third-order valence-electron chi connectivity index (χ3n) is 1.54. The Labute approximate surface area is 75.6 Å². The summed E-state index contributed by atoms with van der Waals surface area (Å²) in [5.41, 5.74) is 0.674. The van der Waals surface area contributed by atoms with Crippen LogP contribution >= 0.6 is 11.6 Å². The maximum Gasteiger partial charge on any atom is 0.129 e. The molecule has 1 aromatic rings. The zero-order valence-electron chi connectivity index (χ0n) is 6.44. The van der Waals surface area contributed by atoms with E-state index in [0.29, 0.717) is 17.1 Å². The van der Waals surface area contributed by atoms with Gasteiger partial charge in [0.05, 0.1) is 6.10 Å². The summed E-state index contributed by atoms with van der Waals surface area (Å²) in [7, 11) is 0. The molecule has 0 aliphatic rings. The molecule has 12 heavy (non-hydrogen) atoms. The minimum atomic E-state index is -0.653.